The lowest BCUT2D eigenvalue weighted by molar-refractivity contribution is 0.0949. The number of aromatic nitrogens is 5. The molecule has 9 heteroatoms. The van der Waals surface area contributed by atoms with Crippen molar-refractivity contribution >= 4 is 11.6 Å². The first-order chi connectivity index (χ1) is 11.7. The number of hydrogen-bond donors (Lipinski definition) is 1. The summed E-state index contributed by atoms with van der Waals surface area (Å²) in [5, 5.41) is 14.8. The van der Waals surface area contributed by atoms with Gasteiger partial charge in [-0.2, -0.15) is 4.98 Å². The Balaban J connectivity index is 1.62. The van der Waals surface area contributed by atoms with Gasteiger partial charge in [0.25, 0.3) is 11.8 Å². The van der Waals surface area contributed by atoms with Crippen LogP contribution in [0.4, 0.5) is 0 Å². The smallest absolute Gasteiger partial charge is 0.261 e. The number of pyridine rings is 1. The van der Waals surface area contributed by atoms with Crippen LogP contribution in [0.3, 0.4) is 0 Å². The summed E-state index contributed by atoms with van der Waals surface area (Å²) >= 11 is 0. The monoisotopic (exact) mass is 324 g/mol. The lowest BCUT2D eigenvalue weighted by Gasteiger charge is -2.03. The van der Waals surface area contributed by atoms with Gasteiger partial charge in [0.05, 0.1) is 23.9 Å². The molecular formula is C15H12N6O3. The fourth-order valence-corrected chi connectivity index (χ4v) is 2.31. The summed E-state index contributed by atoms with van der Waals surface area (Å²) in [7, 11) is 0. The predicted octanol–water partition coefficient (Wildman–Crippen LogP) is 1.61. The van der Waals surface area contributed by atoms with Crippen molar-refractivity contribution in [3.05, 3.63) is 54.1 Å². The molecule has 0 aliphatic heterocycles. The number of hydrogen-bond acceptors (Lipinski definition) is 7. The summed E-state index contributed by atoms with van der Waals surface area (Å²) < 4.78 is 11.9. The summed E-state index contributed by atoms with van der Waals surface area (Å²) in [6.45, 7) is 1.96. The number of furan rings is 1. The van der Waals surface area contributed by atoms with Crippen LogP contribution in [0.1, 0.15) is 22.0 Å². The molecule has 4 aromatic rings. The second kappa shape index (κ2) is 5.61. The van der Waals surface area contributed by atoms with Crippen LogP contribution in [-0.4, -0.2) is 30.6 Å². The SMILES string of the molecule is Cc1noc(-c2cccn3c(CNC(=O)c4ccoc4)nnc23)n1. The third-order valence-corrected chi connectivity index (χ3v) is 3.45. The van der Waals surface area contributed by atoms with E-state index in [0.29, 0.717) is 34.3 Å². The van der Waals surface area contributed by atoms with Crippen LogP contribution in [0.25, 0.3) is 17.1 Å². The zero-order chi connectivity index (χ0) is 16.5. The molecule has 0 saturated carbocycles. The molecule has 4 rings (SSSR count). The first kappa shape index (κ1) is 14.1. The molecule has 4 aromatic heterocycles. The fraction of sp³-hybridized carbons (Fsp3) is 0.133. The number of aryl methyl sites for hydroxylation is 1. The van der Waals surface area contributed by atoms with Crippen molar-refractivity contribution in [2.75, 3.05) is 0 Å². The molecule has 4 heterocycles. The highest BCUT2D eigenvalue weighted by Crippen LogP contribution is 2.22. The molecule has 0 aliphatic carbocycles. The van der Waals surface area contributed by atoms with Crippen LogP contribution in [0.15, 0.2) is 45.9 Å². The van der Waals surface area contributed by atoms with E-state index >= 15 is 0 Å². The molecule has 0 fully saturated rings. The Bertz CT molecular complexity index is 1000. The molecule has 0 aliphatic rings. The molecule has 0 spiro atoms. The lowest BCUT2D eigenvalue weighted by atomic mass is 10.2. The van der Waals surface area contributed by atoms with Crippen LogP contribution >= 0.6 is 0 Å². The van der Waals surface area contributed by atoms with E-state index in [-0.39, 0.29) is 12.5 Å². The minimum atomic E-state index is -0.246. The summed E-state index contributed by atoms with van der Waals surface area (Å²) in [6, 6.07) is 5.24. The molecule has 0 aromatic carbocycles. The standard InChI is InChI=1S/C15H12N6O3/c1-9-17-15(24-20-9)11-3-2-5-21-12(18-19-13(11)21)7-16-14(22)10-4-6-23-8-10/h2-6,8H,7H2,1H3,(H,16,22). The van der Waals surface area contributed by atoms with Gasteiger partial charge in [-0.1, -0.05) is 5.16 Å². The second-order valence-corrected chi connectivity index (χ2v) is 5.07. The van der Waals surface area contributed by atoms with Crippen LogP contribution < -0.4 is 5.32 Å². The van der Waals surface area contributed by atoms with Crippen LogP contribution in [-0.2, 0) is 6.54 Å². The Morgan fingerprint density at radius 1 is 1.33 bits per heavy atom. The first-order valence-corrected chi connectivity index (χ1v) is 7.16. The van der Waals surface area contributed by atoms with E-state index in [0.717, 1.165) is 0 Å². The summed E-state index contributed by atoms with van der Waals surface area (Å²) in [5.41, 5.74) is 1.71. The van der Waals surface area contributed by atoms with Crippen molar-refractivity contribution in [3.8, 4) is 11.5 Å². The minimum absolute atomic E-state index is 0.220. The van der Waals surface area contributed by atoms with Crippen molar-refractivity contribution < 1.29 is 13.7 Å². The van der Waals surface area contributed by atoms with Gasteiger partial charge < -0.3 is 14.3 Å². The maximum Gasteiger partial charge on any atom is 0.261 e. The van der Waals surface area contributed by atoms with Crippen LogP contribution in [0, 0.1) is 6.92 Å². The molecule has 0 unspecified atom stereocenters. The predicted molar refractivity (Wildman–Crippen MR) is 80.9 cm³/mol. The van der Waals surface area contributed by atoms with Gasteiger partial charge in [-0.25, -0.2) is 0 Å². The Kier molecular flexibility index (Phi) is 3.30. The van der Waals surface area contributed by atoms with E-state index in [1.807, 2.05) is 12.1 Å². The minimum Gasteiger partial charge on any atom is -0.472 e. The van der Waals surface area contributed by atoms with Gasteiger partial charge in [-0.05, 0) is 25.1 Å². The largest absolute Gasteiger partial charge is 0.472 e. The molecule has 1 N–H and O–H groups in total. The Morgan fingerprint density at radius 2 is 2.25 bits per heavy atom. The van der Waals surface area contributed by atoms with Crippen LogP contribution in [0.2, 0.25) is 0 Å². The number of carbonyl (C=O) groups excluding carboxylic acids is 1. The highest BCUT2D eigenvalue weighted by molar-refractivity contribution is 5.93. The van der Waals surface area contributed by atoms with E-state index in [9.17, 15) is 4.79 Å². The van der Waals surface area contributed by atoms with Crippen molar-refractivity contribution in [1.29, 1.82) is 0 Å². The molecular weight excluding hydrogens is 312 g/mol. The van der Waals surface area contributed by atoms with E-state index < -0.39 is 0 Å². The highest BCUT2D eigenvalue weighted by Gasteiger charge is 2.16. The Morgan fingerprint density at radius 3 is 3.00 bits per heavy atom. The number of amides is 1. The quantitative estimate of drug-likeness (QED) is 0.607. The second-order valence-electron chi connectivity index (χ2n) is 5.07. The topological polar surface area (TPSA) is 111 Å². The van der Waals surface area contributed by atoms with E-state index in [1.165, 1.54) is 12.5 Å². The van der Waals surface area contributed by atoms with Gasteiger partial charge in [-0.15, -0.1) is 10.2 Å². The van der Waals surface area contributed by atoms with Crippen molar-refractivity contribution in [2.45, 2.75) is 13.5 Å². The van der Waals surface area contributed by atoms with E-state index in [1.54, 1.807) is 23.6 Å². The molecule has 24 heavy (non-hydrogen) atoms. The maximum atomic E-state index is 12.0. The number of fused-ring (bicyclic) bond motifs is 1. The van der Waals surface area contributed by atoms with Crippen molar-refractivity contribution in [3.63, 3.8) is 0 Å². The first-order valence-electron chi connectivity index (χ1n) is 7.16. The summed E-state index contributed by atoms with van der Waals surface area (Å²) in [5.74, 6) is 1.25. The summed E-state index contributed by atoms with van der Waals surface area (Å²) in [6.07, 6.45) is 4.63. The molecule has 120 valence electrons. The number of carbonyl (C=O) groups is 1. The van der Waals surface area contributed by atoms with Gasteiger partial charge >= 0.3 is 0 Å². The maximum absolute atomic E-state index is 12.0. The zero-order valence-corrected chi connectivity index (χ0v) is 12.6. The Hall–Kier alpha value is -3.49. The molecule has 0 saturated heterocycles. The average Bonchev–Trinajstić information content (AvgIpc) is 3.33. The van der Waals surface area contributed by atoms with Crippen molar-refractivity contribution in [1.82, 2.24) is 30.1 Å². The van der Waals surface area contributed by atoms with E-state index in [4.69, 9.17) is 8.94 Å². The molecule has 1 amide bonds. The molecule has 0 radical (unpaired) electrons. The molecule has 0 atom stereocenters. The molecule has 0 bridgehead atoms. The summed E-state index contributed by atoms with van der Waals surface area (Å²) in [4.78, 5) is 16.2. The van der Waals surface area contributed by atoms with Gasteiger partial charge in [0.1, 0.15) is 6.26 Å². The van der Waals surface area contributed by atoms with Crippen LogP contribution in [0.5, 0.6) is 0 Å². The number of nitrogens with zero attached hydrogens (tertiary/aromatic N) is 5. The number of rotatable bonds is 4. The van der Waals surface area contributed by atoms with Gasteiger partial charge in [0, 0.05) is 6.20 Å². The average molecular weight is 324 g/mol. The zero-order valence-electron chi connectivity index (χ0n) is 12.6. The Labute approximate surface area is 135 Å². The number of nitrogens with one attached hydrogen (secondary N) is 1. The lowest BCUT2D eigenvalue weighted by Crippen LogP contribution is -2.23. The van der Waals surface area contributed by atoms with Crippen molar-refractivity contribution in [2.24, 2.45) is 0 Å². The van der Waals surface area contributed by atoms with Gasteiger partial charge in [0.15, 0.2) is 17.3 Å². The fourth-order valence-electron chi connectivity index (χ4n) is 2.31. The van der Waals surface area contributed by atoms with Gasteiger partial charge in [0.2, 0.25) is 0 Å². The third kappa shape index (κ3) is 2.41. The normalized spacial score (nSPS) is 11.0. The highest BCUT2D eigenvalue weighted by atomic mass is 16.5. The molecule has 9 nitrogen and oxygen atoms in total. The van der Waals surface area contributed by atoms with E-state index in [2.05, 4.69) is 25.7 Å². The third-order valence-electron chi connectivity index (χ3n) is 3.45. The van der Waals surface area contributed by atoms with Gasteiger partial charge in [-0.3, -0.25) is 9.20 Å².